The number of ether oxygens (including phenoxy) is 1. The summed E-state index contributed by atoms with van der Waals surface area (Å²) in [4.78, 5) is 43.3. The van der Waals surface area contributed by atoms with E-state index in [0.29, 0.717) is 61.6 Å². The molecule has 2 N–H and O–H groups in total. The highest BCUT2D eigenvalue weighted by atomic mass is 16.5. The van der Waals surface area contributed by atoms with E-state index in [1.165, 1.54) is 0 Å². The van der Waals surface area contributed by atoms with Gasteiger partial charge in [-0.25, -0.2) is 4.98 Å². The monoisotopic (exact) mass is 526 g/mol. The average Bonchev–Trinajstić information content (AvgIpc) is 3.48. The van der Waals surface area contributed by atoms with Crippen LogP contribution < -0.4 is 15.5 Å². The number of carbonyl (C=O) groups excluding carboxylic acids is 2. The van der Waals surface area contributed by atoms with Crippen LogP contribution in [0.25, 0.3) is 5.78 Å². The summed E-state index contributed by atoms with van der Waals surface area (Å²) in [5.74, 6) is 1.57. The molecule has 11 heteroatoms. The second-order valence-electron chi connectivity index (χ2n) is 9.68. The summed E-state index contributed by atoms with van der Waals surface area (Å²) in [6, 6.07) is 16.6. The Kier molecular flexibility index (Phi) is 7.05. The van der Waals surface area contributed by atoms with Crippen molar-refractivity contribution < 1.29 is 14.3 Å². The standard InChI is InChI=1S/C28H30N8O3/c37-24(20-5-2-1-3-6-20)30-23-7-4-13-35(19-23)27-32-26-29-12-14-36(26)28(33-27)31-22-10-8-21(9-11-22)25(38)34-15-17-39-18-16-34/h1-3,5-6,8-12,14,23H,4,7,13,15-19H2,(H,30,37)(H,29,31,32,33). The van der Waals surface area contributed by atoms with E-state index >= 15 is 0 Å². The first-order valence-corrected chi connectivity index (χ1v) is 13.2. The maximum absolute atomic E-state index is 12.8. The van der Waals surface area contributed by atoms with E-state index in [1.54, 1.807) is 16.8 Å². The molecule has 11 nitrogen and oxygen atoms in total. The number of benzene rings is 2. The summed E-state index contributed by atoms with van der Waals surface area (Å²) in [5, 5.41) is 6.50. The van der Waals surface area contributed by atoms with Gasteiger partial charge in [0.1, 0.15) is 0 Å². The summed E-state index contributed by atoms with van der Waals surface area (Å²) in [5.41, 5.74) is 2.07. The minimum Gasteiger partial charge on any atom is -0.378 e. The molecule has 1 unspecified atom stereocenters. The molecule has 4 aromatic rings. The van der Waals surface area contributed by atoms with Gasteiger partial charge < -0.3 is 25.2 Å². The number of amides is 2. The van der Waals surface area contributed by atoms with Crippen LogP contribution in [0.15, 0.2) is 67.0 Å². The number of carbonyl (C=O) groups is 2. The van der Waals surface area contributed by atoms with E-state index in [0.717, 1.165) is 25.1 Å². The Morgan fingerprint density at radius 2 is 1.72 bits per heavy atom. The summed E-state index contributed by atoms with van der Waals surface area (Å²) >= 11 is 0. The number of imidazole rings is 1. The van der Waals surface area contributed by atoms with E-state index in [9.17, 15) is 9.59 Å². The zero-order chi connectivity index (χ0) is 26.6. The van der Waals surface area contributed by atoms with Gasteiger partial charge in [-0.3, -0.25) is 14.0 Å². The van der Waals surface area contributed by atoms with Crippen molar-refractivity contribution in [2.45, 2.75) is 18.9 Å². The molecule has 2 aliphatic heterocycles. The third-order valence-corrected chi connectivity index (χ3v) is 7.02. The summed E-state index contributed by atoms with van der Waals surface area (Å²) in [7, 11) is 0. The van der Waals surface area contributed by atoms with Gasteiger partial charge in [-0.2, -0.15) is 9.97 Å². The smallest absolute Gasteiger partial charge is 0.254 e. The van der Waals surface area contributed by atoms with E-state index in [4.69, 9.17) is 9.72 Å². The lowest BCUT2D eigenvalue weighted by Crippen LogP contribution is -2.48. The number of nitrogens with zero attached hydrogens (tertiary/aromatic N) is 6. The van der Waals surface area contributed by atoms with Gasteiger partial charge in [0.05, 0.1) is 13.2 Å². The first-order valence-electron chi connectivity index (χ1n) is 13.2. The van der Waals surface area contributed by atoms with Gasteiger partial charge in [-0.05, 0) is 49.2 Å². The molecule has 2 fully saturated rings. The molecule has 1 atom stereocenters. The molecule has 0 spiro atoms. The van der Waals surface area contributed by atoms with Crippen molar-refractivity contribution in [1.29, 1.82) is 0 Å². The fourth-order valence-corrected chi connectivity index (χ4v) is 4.95. The zero-order valence-electron chi connectivity index (χ0n) is 21.5. The molecule has 2 aromatic heterocycles. The number of hydrogen-bond acceptors (Lipinski definition) is 8. The van der Waals surface area contributed by atoms with Crippen molar-refractivity contribution in [3.8, 4) is 0 Å². The number of morpholine rings is 1. The molecule has 0 aliphatic carbocycles. The van der Waals surface area contributed by atoms with Crippen molar-refractivity contribution in [1.82, 2.24) is 29.6 Å². The number of piperidine rings is 1. The number of hydrogen-bond donors (Lipinski definition) is 2. The van der Waals surface area contributed by atoms with E-state index in [1.807, 2.05) is 59.5 Å². The van der Waals surface area contributed by atoms with Crippen LogP contribution in [0.2, 0.25) is 0 Å². The van der Waals surface area contributed by atoms with Crippen LogP contribution in [0.3, 0.4) is 0 Å². The van der Waals surface area contributed by atoms with Crippen LogP contribution >= 0.6 is 0 Å². The highest BCUT2D eigenvalue weighted by molar-refractivity contribution is 5.95. The van der Waals surface area contributed by atoms with Crippen LogP contribution in [-0.2, 0) is 4.74 Å². The number of anilines is 3. The van der Waals surface area contributed by atoms with Crippen LogP contribution in [0.1, 0.15) is 33.6 Å². The van der Waals surface area contributed by atoms with Gasteiger partial charge in [-0.15, -0.1) is 0 Å². The van der Waals surface area contributed by atoms with Crippen LogP contribution in [0.5, 0.6) is 0 Å². The predicted octanol–water partition coefficient (Wildman–Crippen LogP) is 2.74. The highest BCUT2D eigenvalue weighted by Crippen LogP contribution is 2.22. The predicted molar refractivity (Wildman–Crippen MR) is 146 cm³/mol. The molecule has 39 heavy (non-hydrogen) atoms. The Bertz CT molecular complexity index is 1450. The number of aromatic nitrogens is 4. The molecule has 2 aromatic carbocycles. The fraction of sp³-hybridized carbons (Fsp3) is 0.321. The Hall–Kier alpha value is -4.51. The maximum atomic E-state index is 12.8. The highest BCUT2D eigenvalue weighted by Gasteiger charge is 2.25. The van der Waals surface area contributed by atoms with E-state index in [2.05, 4.69) is 25.5 Å². The minimum atomic E-state index is -0.0787. The molecule has 2 amide bonds. The molecule has 4 heterocycles. The molecule has 2 saturated heterocycles. The second kappa shape index (κ2) is 11.1. The van der Waals surface area contributed by atoms with Gasteiger partial charge in [0.15, 0.2) is 0 Å². The van der Waals surface area contributed by atoms with Crippen LogP contribution in [0.4, 0.5) is 17.6 Å². The topological polar surface area (TPSA) is 117 Å². The lowest BCUT2D eigenvalue weighted by atomic mass is 10.1. The maximum Gasteiger partial charge on any atom is 0.254 e. The van der Waals surface area contributed by atoms with Crippen molar-refractivity contribution in [2.24, 2.45) is 0 Å². The van der Waals surface area contributed by atoms with Crippen molar-refractivity contribution in [3.05, 3.63) is 78.1 Å². The molecule has 0 radical (unpaired) electrons. The normalized spacial score (nSPS) is 17.7. The summed E-state index contributed by atoms with van der Waals surface area (Å²) in [6.07, 6.45) is 5.28. The quantitative estimate of drug-likeness (QED) is 0.394. The number of rotatable bonds is 6. The summed E-state index contributed by atoms with van der Waals surface area (Å²) in [6.45, 7) is 3.74. The zero-order valence-corrected chi connectivity index (χ0v) is 21.5. The molecule has 200 valence electrons. The Morgan fingerprint density at radius 3 is 2.51 bits per heavy atom. The largest absolute Gasteiger partial charge is 0.378 e. The van der Waals surface area contributed by atoms with Crippen molar-refractivity contribution in [3.63, 3.8) is 0 Å². The first-order chi connectivity index (χ1) is 19.1. The lowest BCUT2D eigenvalue weighted by molar-refractivity contribution is 0.0303. The molecule has 6 rings (SSSR count). The van der Waals surface area contributed by atoms with Gasteiger partial charge in [0.25, 0.3) is 11.8 Å². The lowest BCUT2D eigenvalue weighted by Gasteiger charge is -2.33. The van der Waals surface area contributed by atoms with Gasteiger partial charge in [0, 0.05) is 61.4 Å². The number of fused-ring (bicyclic) bond motifs is 1. The molecule has 0 saturated carbocycles. The van der Waals surface area contributed by atoms with Crippen LogP contribution in [-0.4, -0.2) is 81.5 Å². The molecule has 0 bridgehead atoms. The van der Waals surface area contributed by atoms with Crippen molar-refractivity contribution in [2.75, 3.05) is 49.6 Å². The molecular weight excluding hydrogens is 496 g/mol. The van der Waals surface area contributed by atoms with E-state index in [-0.39, 0.29) is 17.9 Å². The molecular formula is C28H30N8O3. The van der Waals surface area contributed by atoms with E-state index < -0.39 is 0 Å². The number of nitrogens with one attached hydrogen (secondary N) is 2. The minimum absolute atomic E-state index is 0.00480. The third kappa shape index (κ3) is 5.53. The second-order valence-corrected chi connectivity index (χ2v) is 9.68. The Balaban J connectivity index is 1.17. The first kappa shape index (κ1) is 24.8. The Morgan fingerprint density at radius 1 is 0.923 bits per heavy atom. The Labute approximate surface area is 225 Å². The summed E-state index contributed by atoms with van der Waals surface area (Å²) < 4.78 is 7.14. The average molecular weight is 527 g/mol. The molecule has 2 aliphatic rings. The van der Waals surface area contributed by atoms with Crippen LogP contribution in [0, 0.1) is 0 Å². The van der Waals surface area contributed by atoms with Crippen molar-refractivity contribution >= 4 is 35.2 Å². The SMILES string of the molecule is O=C(NC1CCCN(c2nc(Nc3ccc(C(=O)N4CCOCC4)cc3)n3ccnc3n2)C1)c1ccccc1. The van der Waals surface area contributed by atoms with Gasteiger partial charge in [-0.1, -0.05) is 18.2 Å². The van der Waals surface area contributed by atoms with Gasteiger partial charge in [0.2, 0.25) is 17.7 Å². The van der Waals surface area contributed by atoms with Gasteiger partial charge >= 0.3 is 0 Å². The fourth-order valence-electron chi connectivity index (χ4n) is 4.95. The third-order valence-electron chi connectivity index (χ3n) is 7.02.